The molecule has 1 atom stereocenters. The van der Waals surface area contributed by atoms with E-state index in [2.05, 4.69) is 11.8 Å². The van der Waals surface area contributed by atoms with E-state index in [1.54, 1.807) is 0 Å². The fourth-order valence-electron chi connectivity index (χ4n) is 2.37. The topological polar surface area (TPSA) is 23.5 Å². The van der Waals surface area contributed by atoms with E-state index in [1.165, 1.54) is 38.6 Å². The monoisotopic (exact) mass is 213 g/mol. The van der Waals surface area contributed by atoms with Crippen LogP contribution in [-0.2, 0) is 0 Å². The summed E-state index contributed by atoms with van der Waals surface area (Å²) in [5.41, 5.74) is 0.311. The smallest absolute Gasteiger partial charge is 0.0499 e. The Hall–Kier alpha value is -0.0800. The van der Waals surface area contributed by atoms with Crippen molar-refractivity contribution in [2.75, 3.05) is 19.7 Å². The summed E-state index contributed by atoms with van der Waals surface area (Å²) in [6.45, 7) is 9.12. The molecule has 0 spiro atoms. The van der Waals surface area contributed by atoms with Crippen LogP contribution in [0.25, 0.3) is 0 Å². The molecule has 0 aromatic rings. The number of rotatable bonds is 3. The van der Waals surface area contributed by atoms with Gasteiger partial charge in [-0.2, -0.15) is 0 Å². The standard InChI is InChI=1S/C11H21NO.C2H6/c1-10-4-2-3-7-12(10)8-11(9-13)5-6-11;1-2/h10,13H,2-9H2,1H3;1-2H3/t10-;/m1./s1. The minimum atomic E-state index is 0.311. The maximum Gasteiger partial charge on any atom is 0.0499 e. The number of aliphatic hydroxyl groups excluding tert-OH is 1. The SMILES string of the molecule is CC.C[C@@H]1CCCCN1CC1(CO)CC1. The predicted molar refractivity (Wildman–Crippen MR) is 65.0 cm³/mol. The van der Waals surface area contributed by atoms with Gasteiger partial charge in [-0.05, 0) is 39.2 Å². The summed E-state index contributed by atoms with van der Waals surface area (Å²) in [6.07, 6.45) is 6.58. The van der Waals surface area contributed by atoms with Crippen molar-refractivity contribution in [1.29, 1.82) is 0 Å². The van der Waals surface area contributed by atoms with Gasteiger partial charge in [-0.25, -0.2) is 0 Å². The second-order valence-corrected chi connectivity index (χ2v) is 4.97. The van der Waals surface area contributed by atoms with E-state index in [0.29, 0.717) is 12.0 Å². The molecule has 90 valence electrons. The highest BCUT2D eigenvalue weighted by Gasteiger charge is 2.43. The van der Waals surface area contributed by atoms with E-state index >= 15 is 0 Å². The van der Waals surface area contributed by atoms with Crippen LogP contribution in [-0.4, -0.2) is 35.7 Å². The minimum absolute atomic E-state index is 0.311. The highest BCUT2D eigenvalue weighted by molar-refractivity contribution is 4.96. The average molecular weight is 213 g/mol. The van der Waals surface area contributed by atoms with Crippen LogP contribution in [0, 0.1) is 5.41 Å². The van der Waals surface area contributed by atoms with Gasteiger partial charge in [0.1, 0.15) is 0 Å². The van der Waals surface area contributed by atoms with Crippen molar-refractivity contribution in [3.05, 3.63) is 0 Å². The van der Waals surface area contributed by atoms with Crippen molar-refractivity contribution in [3.8, 4) is 0 Å². The number of likely N-dealkylation sites (tertiary alicyclic amines) is 1. The maximum absolute atomic E-state index is 9.25. The summed E-state index contributed by atoms with van der Waals surface area (Å²) < 4.78 is 0. The van der Waals surface area contributed by atoms with Crippen molar-refractivity contribution >= 4 is 0 Å². The molecule has 1 saturated heterocycles. The molecule has 1 saturated carbocycles. The molecular weight excluding hydrogens is 186 g/mol. The molecule has 1 aliphatic heterocycles. The molecule has 2 fully saturated rings. The van der Waals surface area contributed by atoms with Crippen molar-refractivity contribution in [1.82, 2.24) is 4.90 Å². The first-order valence-electron chi connectivity index (χ1n) is 6.61. The third-order valence-corrected chi connectivity index (χ3v) is 3.77. The number of hydrogen-bond acceptors (Lipinski definition) is 2. The summed E-state index contributed by atoms with van der Waals surface area (Å²) in [6, 6.07) is 0.748. The third kappa shape index (κ3) is 3.46. The number of nitrogens with zero attached hydrogens (tertiary/aromatic N) is 1. The lowest BCUT2D eigenvalue weighted by molar-refractivity contribution is 0.0984. The Kier molecular flexibility index (Phi) is 5.07. The van der Waals surface area contributed by atoms with Gasteiger partial charge in [0.2, 0.25) is 0 Å². The van der Waals surface area contributed by atoms with Gasteiger partial charge < -0.3 is 10.0 Å². The zero-order valence-corrected chi connectivity index (χ0v) is 10.6. The lowest BCUT2D eigenvalue weighted by Gasteiger charge is -2.35. The fourth-order valence-corrected chi connectivity index (χ4v) is 2.37. The molecule has 1 N–H and O–H groups in total. The molecule has 1 heterocycles. The summed E-state index contributed by atoms with van der Waals surface area (Å²) in [5.74, 6) is 0. The van der Waals surface area contributed by atoms with E-state index in [0.717, 1.165) is 12.6 Å². The Bertz CT molecular complexity index is 177. The summed E-state index contributed by atoms with van der Waals surface area (Å²) in [5, 5.41) is 9.25. The van der Waals surface area contributed by atoms with Gasteiger partial charge in [-0.15, -0.1) is 0 Å². The Morgan fingerprint density at radius 2 is 1.93 bits per heavy atom. The van der Waals surface area contributed by atoms with Gasteiger partial charge in [0.15, 0.2) is 0 Å². The third-order valence-electron chi connectivity index (χ3n) is 3.77. The van der Waals surface area contributed by atoms with E-state index in [4.69, 9.17) is 0 Å². The molecule has 0 aromatic carbocycles. The Labute approximate surface area is 94.7 Å². The van der Waals surface area contributed by atoms with Crippen LogP contribution < -0.4 is 0 Å². The van der Waals surface area contributed by atoms with E-state index in [1.807, 2.05) is 13.8 Å². The molecule has 0 bridgehead atoms. The Balaban J connectivity index is 0.000000531. The van der Waals surface area contributed by atoms with Crippen molar-refractivity contribution in [2.24, 2.45) is 5.41 Å². The van der Waals surface area contributed by atoms with Crippen LogP contribution in [0.2, 0.25) is 0 Å². The fraction of sp³-hybridized carbons (Fsp3) is 1.00. The van der Waals surface area contributed by atoms with Crippen LogP contribution in [0.3, 0.4) is 0 Å². The molecule has 0 amide bonds. The molecule has 2 heteroatoms. The number of aliphatic hydroxyl groups is 1. The Morgan fingerprint density at radius 3 is 2.40 bits per heavy atom. The van der Waals surface area contributed by atoms with Crippen molar-refractivity contribution in [3.63, 3.8) is 0 Å². The van der Waals surface area contributed by atoms with Gasteiger partial charge >= 0.3 is 0 Å². The summed E-state index contributed by atoms with van der Waals surface area (Å²) in [4.78, 5) is 2.58. The van der Waals surface area contributed by atoms with Gasteiger partial charge in [-0.1, -0.05) is 20.3 Å². The quantitative estimate of drug-likeness (QED) is 0.779. The van der Waals surface area contributed by atoms with Gasteiger partial charge in [0.05, 0.1) is 0 Å². The van der Waals surface area contributed by atoms with Crippen LogP contribution in [0.4, 0.5) is 0 Å². The molecule has 2 aliphatic rings. The molecule has 2 nitrogen and oxygen atoms in total. The number of piperidine rings is 1. The minimum Gasteiger partial charge on any atom is -0.396 e. The molecular formula is C13H27NO. The first kappa shape index (κ1) is 13.0. The average Bonchev–Trinajstić information content (AvgIpc) is 3.05. The molecule has 0 radical (unpaired) electrons. The second-order valence-electron chi connectivity index (χ2n) is 4.97. The number of hydrogen-bond donors (Lipinski definition) is 1. The van der Waals surface area contributed by atoms with Crippen LogP contribution in [0.1, 0.15) is 52.9 Å². The van der Waals surface area contributed by atoms with Crippen LogP contribution in [0.5, 0.6) is 0 Å². The normalized spacial score (nSPS) is 29.2. The maximum atomic E-state index is 9.25. The molecule has 2 rings (SSSR count). The largest absolute Gasteiger partial charge is 0.396 e. The first-order valence-corrected chi connectivity index (χ1v) is 6.61. The first-order chi connectivity index (χ1) is 7.26. The lowest BCUT2D eigenvalue weighted by Crippen LogP contribution is -2.41. The molecule has 1 aliphatic carbocycles. The lowest BCUT2D eigenvalue weighted by atomic mass is 10.00. The highest BCUT2D eigenvalue weighted by atomic mass is 16.3. The second kappa shape index (κ2) is 5.86. The predicted octanol–water partition coefficient (Wildman–Crippen LogP) is 2.66. The van der Waals surface area contributed by atoms with Crippen molar-refractivity contribution in [2.45, 2.75) is 58.9 Å². The zero-order chi connectivity index (χ0) is 11.3. The summed E-state index contributed by atoms with van der Waals surface area (Å²) in [7, 11) is 0. The Morgan fingerprint density at radius 1 is 1.27 bits per heavy atom. The zero-order valence-electron chi connectivity index (χ0n) is 10.6. The summed E-state index contributed by atoms with van der Waals surface area (Å²) >= 11 is 0. The molecule has 15 heavy (non-hydrogen) atoms. The van der Waals surface area contributed by atoms with Crippen LogP contribution in [0.15, 0.2) is 0 Å². The van der Waals surface area contributed by atoms with E-state index < -0.39 is 0 Å². The molecule has 0 unspecified atom stereocenters. The van der Waals surface area contributed by atoms with Gasteiger partial charge in [-0.3, -0.25) is 0 Å². The highest BCUT2D eigenvalue weighted by Crippen LogP contribution is 2.46. The van der Waals surface area contributed by atoms with Crippen molar-refractivity contribution < 1.29 is 5.11 Å². The van der Waals surface area contributed by atoms with E-state index in [9.17, 15) is 5.11 Å². The van der Waals surface area contributed by atoms with Gasteiger partial charge in [0, 0.05) is 24.6 Å². The van der Waals surface area contributed by atoms with E-state index in [-0.39, 0.29) is 0 Å². The van der Waals surface area contributed by atoms with Crippen LogP contribution >= 0.6 is 0 Å². The molecule has 0 aromatic heterocycles. The van der Waals surface area contributed by atoms with Gasteiger partial charge in [0.25, 0.3) is 0 Å².